The van der Waals surface area contributed by atoms with Crippen LogP contribution in [0, 0.1) is 0 Å². The van der Waals surface area contributed by atoms with Crippen LogP contribution in [-0.4, -0.2) is 5.80 Å². The van der Waals surface area contributed by atoms with Crippen molar-refractivity contribution >= 4 is 21.8 Å². The second kappa shape index (κ2) is 3.60. The number of rotatable bonds is 0. The fourth-order valence-electron chi connectivity index (χ4n) is 0. The summed E-state index contributed by atoms with van der Waals surface area (Å²) in [4.78, 5) is 0. The molecule has 0 unspecified atom stereocenters. The molecule has 0 nitrogen and oxygen atoms in total. The fraction of sp³-hybridized carbons (Fsp3) is 0.500. The van der Waals surface area contributed by atoms with E-state index in [1.807, 2.05) is 12.7 Å². The monoisotopic (exact) mass is 91.0 g/mol. The molecule has 0 aromatic carbocycles. The SMILES string of the molecule is CC=[P+]=P. The van der Waals surface area contributed by atoms with Gasteiger partial charge in [-0.15, -0.1) is 0 Å². The van der Waals surface area contributed by atoms with Crippen LogP contribution in [0.2, 0.25) is 0 Å². The summed E-state index contributed by atoms with van der Waals surface area (Å²) in [5, 5.41) is 0. The molecule has 0 heterocycles. The van der Waals surface area contributed by atoms with Gasteiger partial charge in [0.1, 0.15) is 0 Å². The summed E-state index contributed by atoms with van der Waals surface area (Å²) >= 11 is 0. The van der Waals surface area contributed by atoms with E-state index in [1.165, 1.54) is 7.49 Å². The zero-order valence-corrected chi connectivity index (χ0v) is 4.42. The predicted molar refractivity (Wildman–Crippen MR) is 27.0 cm³/mol. The van der Waals surface area contributed by atoms with Crippen molar-refractivity contribution in [1.82, 2.24) is 0 Å². The minimum atomic E-state index is 1.18. The summed E-state index contributed by atoms with van der Waals surface area (Å²) in [5.74, 6) is 2.01. The van der Waals surface area contributed by atoms with Crippen LogP contribution in [-0.2, 0) is 0 Å². The zero-order chi connectivity index (χ0) is 3.41. The van der Waals surface area contributed by atoms with Gasteiger partial charge in [-0.1, -0.05) is 0 Å². The Morgan fingerprint density at radius 1 is 2.00 bits per heavy atom. The molecule has 0 aromatic rings. The van der Waals surface area contributed by atoms with E-state index < -0.39 is 0 Å². The predicted octanol–water partition coefficient (Wildman–Crippen LogP) is 1.81. The van der Waals surface area contributed by atoms with Crippen molar-refractivity contribution in [3.05, 3.63) is 0 Å². The molecule has 0 aliphatic heterocycles. The van der Waals surface area contributed by atoms with Gasteiger partial charge < -0.3 is 0 Å². The average molecular weight is 91.0 g/mol. The van der Waals surface area contributed by atoms with Gasteiger partial charge in [-0.3, -0.25) is 0 Å². The first-order valence-electron chi connectivity index (χ1n) is 1.06. The van der Waals surface area contributed by atoms with Crippen LogP contribution in [0.3, 0.4) is 0 Å². The van der Waals surface area contributed by atoms with Gasteiger partial charge >= 0.3 is 28.7 Å². The van der Waals surface area contributed by atoms with Gasteiger partial charge in [-0.2, -0.15) is 0 Å². The van der Waals surface area contributed by atoms with Crippen LogP contribution >= 0.6 is 16.0 Å². The van der Waals surface area contributed by atoms with Gasteiger partial charge in [0, 0.05) is 0 Å². The quantitative estimate of drug-likeness (QED) is 0.399. The molecule has 0 amide bonds. The van der Waals surface area contributed by atoms with E-state index in [0.29, 0.717) is 0 Å². The standard InChI is InChI=1S/C2H5P2/c1-2-4-3/h2-3H,1H3/q+1. The molecular formula is C2H5P2+. The van der Waals surface area contributed by atoms with Crippen LogP contribution in [0.15, 0.2) is 0 Å². The van der Waals surface area contributed by atoms with Crippen molar-refractivity contribution in [3.8, 4) is 0 Å². The topological polar surface area (TPSA) is 0 Å². The van der Waals surface area contributed by atoms with Gasteiger partial charge in [0.15, 0.2) is 0 Å². The molecule has 0 spiro atoms. The first kappa shape index (κ1) is 4.60. The van der Waals surface area contributed by atoms with Crippen LogP contribution in [0.5, 0.6) is 0 Å². The van der Waals surface area contributed by atoms with Crippen LogP contribution in [0.1, 0.15) is 6.92 Å². The Hall–Kier alpha value is 0.600. The van der Waals surface area contributed by atoms with Gasteiger partial charge in [-0.25, -0.2) is 0 Å². The van der Waals surface area contributed by atoms with E-state index >= 15 is 0 Å². The molecule has 0 saturated heterocycles. The van der Waals surface area contributed by atoms with Gasteiger partial charge in [0.25, 0.3) is 0 Å². The Labute approximate surface area is 29.7 Å². The van der Waals surface area contributed by atoms with Gasteiger partial charge in [0.05, 0.1) is 0 Å². The number of hydrogen-bond acceptors (Lipinski definition) is 0. The van der Waals surface area contributed by atoms with Crippen molar-refractivity contribution in [2.45, 2.75) is 6.92 Å². The molecule has 0 aromatic heterocycles. The summed E-state index contributed by atoms with van der Waals surface area (Å²) in [6.07, 6.45) is 0. The molecule has 0 rings (SSSR count). The number of hydrogen-bond donors (Lipinski definition) is 0. The summed E-state index contributed by atoms with van der Waals surface area (Å²) in [5.41, 5.74) is 0. The molecule has 0 radical (unpaired) electrons. The molecule has 0 aliphatic carbocycles. The third-order valence-corrected chi connectivity index (χ3v) is 1.16. The summed E-state index contributed by atoms with van der Waals surface area (Å²) < 4.78 is 0. The van der Waals surface area contributed by atoms with E-state index in [4.69, 9.17) is 0 Å². The van der Waals surface area contributed by atoms with E-state index in [2.05, 4.69) is 8.53 Å². The molecule has 2 heteroatoms. The normalized spacial score (nSPS) is 5.25. The molecular weight excluding hydrogens is 86.0 g/mol. The van der Waals surface area contributed by atoms with Crippen molar-refractivity contribution in [3.63, 3.8) is 0 Å². The van der Waals surface area contributed by atoms with E-state index in [9.17, 15) is 0 Å². The van der Waals surface area contributed by atoms with Gasteiger partial charge in [-0.05, 0) is 0 Å². The summed E-state index contributed by atoms with van der Waals surface area (Å²) in [6.45, 7) is 1.99. The Morgan fingerprint density at radius 3 is 2.25 bits per heavy atom. The molecule has 0 aliphatic rings. The molecule has 0 fully saturated rings. The van der Waals surface area contributed by atoms with Crippen molar-refractivity contribution in [1.29, 1.82) is 0 Å². The summed E-state index contributed by atoms with van der Waals surface area (Å²) in [6, 6.07) is 0. The molecule has 0 N–H and O–H groups in total. The van der Waals surface area contributed by atoms with Crippen LogP contribution < -0.4 is 0 Å². The van der Waals surface area contributed by atoms with Crippen molar-refractivity contribution in [2.75, 3.05) is 0 Å². The van der Waals surface area contributed by atoms with E-state index in [-0.39, 0.29) is 0 Å². The third-order valence-electron chi connectivity index (χ3n) is 0.129. The minimum absolute atomic E-state index is 1.18. The Bertz CT molecular complexity index is 42.0. The molecule has 22 valence electrons. The molecule has 4 heavy (non-hydrogen) atoms. The Morgan fingerprint density at radius 2 is 2.25 bits per heavy atom. The van der Waals surface area contributed by atoms with Crippen molar-refractivity contribution in [2.24, 2.45) is 0 Å². The van der Waals surface area contributed by atoms with E-state index in [0.717, 1.165) is 0 Å². The first-order valence-corrected chi connectivity index (χ1v) is 3.36. The Kier molecular flexibility index (Phi) is 4.14. The van der Waals surface area contributed by atoms with Crippen LogP contribution in [0.4, 0.5) is 0 Å². The second-order valence-corrected chi connectivity index (χ2v) is 1.94. The van der Waals surface area contributed by atoms with Crippen molar-refractivity contribution < 1.29 is 0 Å². The fourth-order valence-corrected chi connectivity index (χ4v) is 0. The molecule has 0 saturated carbocycles. The maximum atomic E-state index is 3.20. The third kappa shape index (κ3) is 2.60. The average Bonchev–Trinajstić information content (AvgIpc) is 1.37. The Balaban J connectivity index is 3.11. The first-order chi connectivity index (χ1) is 1.91. The molecule has 0 atom stereocenters. The molecule has 0 bridgehead atoms. The maximum absolute atomic E-state index is 3.20. The second-order valence-electron chi connectivity index (χ2n) is 0.387. The van der Waals surface area contributed by atoms with Crippen LogP contribution in [0.25, 0.3) is 0 Å². The van der Waals surface area contributed by atoms with Gasteiger partial charge in [0.2, 0.25) is 0 Å². The van der Waals surface area contributed by atoms with E-state index in [1.54, 1.807) is 0 Å². The zero-order valence-electron chi connectivity index (χ0n) is 2.52. The summed E-state index contributed by atoms with van der Waals surface area (Å²) in [7, 11) is 4.38.